The van der Waals surface area contributed by atoms with Crippen molar-refractivity contribution in [3.63, 3.8) is 0 Å². The molecule has 0 heterocycles. The molecule has 0 radical (unpaired) electrons. The van der Waals surface area contributed by atoms with E-state index in [2.05, 4.69) is 13.8 Å². The summed E-state index contributed by atoms with van der Waals surface area (Å²) in [7, 11) is -3.56. The van der Waals surface area contributed by atoms with Gasteiger partial charge in [-0.25, -0.2) is 0 Å². The molecule has 0 aromatic heterocycles. The lowest BCUT2D eigenvalue weighted by Crippen LogP contribution is -2.42. The van der Waals surface area contributed by atoms with E-state index in [0.717, 1.165) is 43.9 Å². The van der Waals surface area contributed by atoms with E-state index >= 15 is 0 Å². The van der Waals surface area contributed by atoms with Gasteiger partial charge in [0, 0.05) is 18.5 Å². The van der Waals surface area contributed by atoms with Crippen LogP contribution in [0.3, 0.4) is 0 Å². The van der Waals surface area contributed by atoms with Gasteiger partial charge >= 0.3 is 10.1 Å². The summed E-state index contributed by atoms with van der Waals surface area (Å²) in [6, 6.07) is 7.12. The molecule has 1 unspecified atom stereocenters. The Morgan fingerprint density at radius 3 is 2.56 bits per heavy atom. The Bertz CT molecular complexity index is 680. The van der Waals surface area contributed by atoms with E-state index in [1.54, 1.807) is 18.2 Å². The average molecular weight is 368 g/mol. The van der Waals surface area contributed by atoms with Crippen LogP contribution in [-0.2, 0) is 21.5 Å². The van der Waals surface area contributed by atoms with Crippen LogP contribution in [0.5, 0.6) is 5.75 Å². The second kappa shape index (κ2) is 8.70. The van der Waals surface area contributed by atoms with E-state index in [1.807, 2.05) is 11.0 Å². The molecular formula is C19H29NO4S. The minimum atomic E-state index is -3.56. The quantitative estimate of drug-likeness (QED) is 0.689. The summed E-state index contributed by atoms with van der Waals surface area (Å²) < 4.78 is 27.6. The van der Waals surface area contributed by atoms with Crippen LogP contribution in [0.1, 0.15) is 57.9 Å². The molecule has 1 fully saturated rings. The molecule has 1 aliphatic carbocycles. The molecule has 0 aliphatic heterocycles. The summed E-state index contributed by atoms with van der Waals surface area (Å²) in [5.41, 5.74) is 0.880. The minimum Gasteiger partial charge on any atom is -0.383 e. The topological polar surface area (TPSA) is 63.7 Å². The average Bonchev–Trinajstić information content (AvgIpc) is 2.58. The van der Waals surface area contributed by atoms with Gasteiger partial charge in [0.1, 0.15) is 5.75 Å². The highest BCUT2D eigenvalue weighted by molar-refractivity contribution is 7.86. The highest BCUT2D eigenvalue weighted by Gasteiger charge is 2.28. The number of hydrogen-bond acceptors (Lipinski definition) is 4. The molecular weight excluding hydrogens is 338 g/mol. The normalized spacial score (nSPS) is 17.1. The highest BCUT2D eigenvalue weighted by Crippen LogP contribution is 2.27. The number of carbonyl (C=O) groups is 1. The molecule has 0 spiro atoms. The fourth-order valence-corrected chi connectivity index (χ4v) is 3.78. The van der Waals surface area contributed by atoms with Crippen LogP contribution in [0.2, 0.25) is 0 Å². The highest BCUT2D eigenvalue weighted by atomic mass is 32.2. The van der Waals surface area contributed by atoms with Crippen LogP contribution in [0.15, 0.2) is 24.3 Å². The summed E-state index contributed by atoms with van der Waals surface area (Å²) in [5.74, 6) is 0.635. The first kappa shape index (κ1) is 19.8. The Morgan fingerprint density at radius 1 is 1.28 bits per heavy atom. The van der Waals surface area contributed by atoms with Crippen LogP contribution in [0.4, 0.5) is 0 Å². The Balaban J connectivity index is 2.16. The van der Waals surface area contributed by atoms with Crippen molar-refractivity contribution in [1.29, 1.82) is 0 Å². The van der Waals surface area contributed by atoms with Crippen molar-refractivity contribution in [1.82, 2.24) is 4.90 Å². The molecule has 1 aliphatic rings. The van der Waals surface area contributed by atoms with Gasteiger partial charge < -0.3 is 9.08 Å². The molecule has 1 aromatic carbocycles. The predicted octanol–water partition coefficient (Wildman–Crippen LogP) is 3.73. The number of carbonyl (C=O) groups excluding carboxylic acids is 1. The van der Waals surface area contributed by atoms with E-state index < -0.39 is 10.1 Å². The van der Waals surface area contributed by atoms with Crippen molar-refractivity contribution >= 4 is 16.0 Å². The lowest BCUT2D eigenvalue weighted by Gasteiger charge is -2.33. The van der Waals surface area contributed by atoms with Gasteiger partial charge in [-0.2, -0.15) is 8.42 Å². The molecule has 0 saturated heterocycles. The fourth-order valence-electron chi connectivity index (χ4n) is 3.32. The summed E-state index contributed by atoms with van der Waals surface area (Å²) in [6.45, 7) is 4.62. The molecule has 1 saturated carbocycles. The zero-order valence-electron chi connectivity index (χ0n) is 15.4. The number of amides is 1. The fraction of sp³-hybridized carbons (Fsp3) is 0.632. The van der Waals surface area contributed by atoms with Crippen molar-refractivity contribution in [3.05, 3.63) is 29.8 Å². The molecule has 0 N–H and O–H groups in total. The van der Waals surface area contributed by atoms with E-state index in [4.69, 9.17) is 4.18 Å². The molecule has 2 rings (SSSR count). The van der Waals surface area contributed by atoms with Gasteiger partial charge in [0.15, 0.2) is 0 Å². The van der Waals surface area contributed by atoms with Crippen molar-refractivity contribution < 1.29 is 17.4 Å². The van der Waals surface area contributed by atoms with Gasteiger partial charge in [0.25, 0.3) is 0 Å². The zero-order valence-corrected chi connectivity index (χ0v) is 16.2. The molecule has 1 aromatic rings. The first-order chi connectivity index (χ1) is 11.8. The predicted molar refractivity (Wildman–Crippen MR) is 98.8 cm³/mol. The zero-order chi connectivity index (χ0) is 18.4. The Hall–Kier alpha value is -1.56. The third kappa shape index (κ3) is 6.03. The van der Waals surface area contributed by atoms with Crippen LogP contribution in [-0.4, -0.2) is 31.5 Å². The standard InChI is InChI=1S/C19H29NO4S/c1-4-15(2)20(19(21)17-10-6-5-7-11-17)14-16-9-8-12-18(13-16)24-25(3,22)23/h8-9,12-13,15,17H,4-7,10-11,14H2,1-3H3. The monoisotopic (exact) mass is 367 g/mol. The van der Waals surface area contributed by atoms with Crippen LogP contribution in [0.25, 0.3) is 0 Å². The molecule has 0 bridgehead atoms. The van der Waals surface area contributed by atoms with Gasteiger partial charge in [-0.15, -0.1) is 0 Å². The van der Waals surface area contributed by atoms with E-state index in [9.17, 15) is 13.2 Å². The lowest BCUT2D eigenvalue weighted by molar-refractivity contribution is -0.139. The molecule has 5 nitrogen and oxygen atoms in total. The van der Waals surface area contributed by atoms with Crippen molar-refractivity contribution in [2.24, 2.45) is 5.92 Å². The van der Waals surface area contributed by atoms with Crippen LogP contribution >= 0.6 is 0 Å². The van der Waals surface area contributed by atoms with Gasteiger partial charge in [-0.3, -0.25) is 4.79 Å². The number of benzene rings is 1. The van der Waals surface area contributed by atoms with E-state index in [1.165, 1.54) is 6.42 Å². The molecule has 1 amide bonds. The molecule has 25 heavy (non-hydrogen) atoms. The van der Waals surface area contributed by atoms with Gasteiger partial charge in [0.05, 0.1) is 6.26 Å². The lowest BCUT2D eigenvalue weighted by atomic mass is 9.87. The maximum absolute atomic E-state index is 13.0. The van der Waals surface area contributed by atoms with Crippen LogP contribution in [0, 0.1) is 5.92 Å². The Kier molecular flexibility index (Phi) is 6.87. The number of hydrogen-bond donors (Lipinski definition) is 0. The first-order valence-corrected chi connectivity index (χ1v) is 10.9. The second-order valence-electron chi connectivity index (χ2n) is 6.99. The van der Waals surface area contributed by atoms with Gasteiger partial charge in [-0.1, -0.05) is 38.3 Å². The summed E-state index contributed by atoms with van der Waals surface area (Å²) in [6.07, 6.45) is 7.34. The van der Waals surface area contributed by atoms with Gasteiger partial charge in [0.2, 0.25) is 5.91 Å². The third-order valence-electron chi connectivity index (χ3n) is 4.86. The maximum atomic E-state index is 13.0. The van der Waals surface area contributed by atoms with Crippen molar-refractivity contribution in [3.8, 4) is 5.75 Å². The Morgan fingerprint density at radius 2 is 1.96 bits per heavy atom. The summed E-state index contributed by atoms with van der Waals surface area (Å²) in [5, 5.41) is 0. The van der Waals surface area contributed by atoms with Gasteiger partial charge in [-0.05, 0) is 43.9 Å². The van der Waals surface area contributed by atoms with Crippen molar-refractivity contribution in [2.45, 2.75) is 65.0 Å². The molecule has 140 valence electrons. The smallest absolute Gasteiger partial charge is 0.306 e. The Labute approximate surface area is 151 Å². The SMILES string of the molecule is CCC(C)N(Cc1cccc(OS(C)(=O)=O)c1)C(=O)C1CCCCC1. The minimum absolute atomic E-state index is 0.123. The molecule has 1 atom stereocenters. The van der Waals surface area contributed by atoms with E-state index in [0.29, 0.717) is 6.54 Å². The molecule has 6 heteroatoms. The van der Waals surface area contributed by atoms with Crippen molar-refractivity contribution in [2.75, 3.05) is 6.26 Å². The maximum Gasteiger partial charge on any atom is 0.306 e. The van der Waals surface area contributed by atoms with Crippen LogP contribution < -0.4 is 4.18 Å². The summed E-state index contributed by atoms with van der Waals surface area (Å²) >= 11 is 0. The number of nitrogens with zero attached hydrogens (tertiary/aromatic N) is 1. The van der Waals surface area contributed by atoms with E-state index in [-0.39, 0.29) is 23.6 Å². The number of rotatable bonds is 7. The largest absolute Gasteiger partial charge is 0.383 e. The second-order valence-corrected chi connectivity index (χ2v) is 8.57. The summed E-state index contributed by atoms with van der Waals surface area (Å²) in [4.78, 5) is 15.0. The first-order valence-electron chi connectivity index (χ1n) is 9.09. The third-order valence-corrected chi connectivity index (χ3v) is 5.35.